The standard InChI is InChI=1S/C11H17ClN2OS/c1-8(2)13-11(15)7-14(3)6-9-4-5-10(12)16-9/h4-5,8H,6-7H2,1-3H3,(H,13,15). The lowest BCUT2D eigenvalue weighted by molar-refractivity contribution is -0.122. The lowest BCUT2D eigenvalue weighted by atomic mass is 10.3. The molecule has 0 saturated carbocycles. The highest BCUT2D eigenvalue weighted by Crippen LogP contribution is 2.22. The number of carbonyl (C=O) groups is 1. The number of nitrogens with zero attached hydrogens (tertiary/aromatic N) is 1. The van der Waals surface area contributed by atoms with E-state index in [0.717, 1.165) is 10.9 Å². The van der Waals surface area contributed by atoms with Crippen LogP contribution in [0, 0.1) is 0 Å². The lowest BCUT2D eigenvalue weighted by Gasteiger charge is -2.16. The Hall–Kier alpha value is -0.580. The maximum absolute atomic E-state index is 11.5. The number of thiophene rings is 1. The van der Waals surface area contributed by atoms with Gasteiger partial charge in [-0.15, -0.1) is 11.3 Å². The van der Waals surface area contributed by atoms with Crippen molar-refractivity contribution in [3.8, 4) is 0 Å². The molecule has 0 radical (unpaired) electrons. The number of nitrogens with one attached hydrogen (secondary N) is 1. The maximum Gasteiger partial charge on any atom is 0.234 e. The van der Waals surface area contributed by atoms with Gasteiger partial charge in [0, 0.05) is 17.5 Å². The summed E-state index contributed by atoms with van der Waals surface area (Å²) in [6.07, 6.45) is 0. The van der Waals surface area contributed by atoms with Gasteiger partial charge in [0.15, 0.2) is 0 Å². The minimum Gasteiger partial charge on any atom is -0.353 e. The first-order valence-corrected chi connectivity index (χ1v) is 6.39. The number of hydrogen-bond acceptors (Lipinski definition) is 3. The van der Waals surface area contributed by atoms with Crippen LogP contribution in [0.15, 0.2) is 12.1 Å². The summed E-state index contributed by atoms with van der Waals surface area (Å²) in [6, 6.07) is 4.06. The van der Waals surface area contributed by atoms with Gasteiger partial charge in [-0.3, -0.25) is 9.69 Å². The Labute approximate surface area is 105 Å². The Bertz CT molecular complexity index is 352. The molecule has 0 aliphatic heterocycles. The first-order chi connectivity index (χ1) is 7.47. The van der Waals surface area contributed by atoms with Crippen LogP contribution in [-0.2, 0) is 11.3 Å². The fraction of sp³-hybridized carbons (Fsp3) is 0.545. The average Bonchev–Trinajstić information content (AvgIpc) is 2.48. The van der Waals surface area contributed by atoms with Crippen LogP contribution in [0.25, 0.3) is 0 Å². The number of halogens is 1. The van der Waals surface area contributed by atoms with Gasteiger partial charge >= 0.3 is 0 Å². The molecule has 0 atom stereocenters. The molecule has 0 aliphatic carbocycles. The summed E-state index contributed by atoms with van der Waals surface area (Å²) in [5.41, 5.74) is 0. The molecule has 3 nitrogen and oxygen atoms in total. The number of amides is 1. The third-order valence-corrected chi connectivity index (χ3v) is 3.13. The second-order valence-corrected chi connectivity index (χ2v) is 5.90. The van der Waals surface area contributed by atoms with E-state index in [1.54, 1.807) is 11.3 Å². The molecule has 5 heteroatoms. The molecule has 16 heavy (non-hydrogen) atoms. The van der Waals surface area contributed by atoms with Crippen molar-refractivity contribution in [2.24, 2.45) is 0 Å². The molecule has 0 aromatic carbocycles. The molecule has 0 fully saturated rings. The zero-order valence-electron chi connectivity index (χ0n) is 9.79. The zero-order valence-corrected chi connectivity index (χ0v) is 11.4. The number of likely N-dealkylation sites (N-methyl/N-ethyl adjacent to an activating group) is 1. The van der Waals surface area contributed by atoms with E-state index in [1.165, 1.54) is 4.88 Å². The van der Waals surface area contributed by atoms with Gasteiger partial charge < -0.3 is 5.32 Å². The van der Waals surface area contributed by atoms with Crippen LogP contribution in [-0.4, -0.2) is 30.4 Å². The Kier molecular flexibility index (Phi) is 5.25. The summed E-state index contributed by atoms with van der Waals surface area (Å²) in [7, 11) is 1.92. The Balaban J connectivity index is 2.35. The Morgan fingerprint density at radius 1 is 1.56 bits per heavy atom. The fourth-order valence-corrected chi connectivity index (χ4v) is 2.54. The van der Waals surface area contributed by atoms with Gasteiger partial charge in [0.1, 0.15) is 0 Å². The smallest absolute Gasteiger partial charge is 0.234 e. The van der Waals surface area contributed by atoms with E-state index in [4.69, 9.17) is 11.6 Å². The van der Waals surface area contributed by atoms with Crippen LogP contribution in [0.5, 0.6) is 0 Å². The molecule has 1 rings (SSSR count). The highest BCUT2D eigenvalue weighted by atomic mass is 35.5. The van der Waals surface area contributed by atoms with E-state index in [-0.39, 0.29) is 11.9 Å². The van der Waals surface area contributed by atoms with E-state index in [9.17, 15) is 4.79 Å². The third-order valence-electron chi connectivity index (χ3n) is 1.92. The number of rotatable bonds is 5. The van der Waals surface area contributed by atoms with Crippen molar-refractivity contribution in [2.75, 3.05) is 13.6 Å². The second-order valence-electron chi connectivity index (χ2n) is 4.10. The monoisotopic (exact) mass is 260 g/mol. The first kappa shape index (κ1) is 13.5. The van der Waals surface area contributed by atoms with Gasteiger partial charge in [0.2, 0.25) is 5.91 Å². The van der Waals surface area contributed by atoms with Gasteiger partial charge in [-0.2, -0.15) is 0 Å². The molecular formula is C11H17ClN2OS. The predicted molar refractivity (Wildman–Crippen MR) is 68.9 cm³/mol. The average molecular weight is 261 g/mol. The summed E-state index contributed by atoms with van der Waals surface area (Å²) in [6.45, 7) is 5.07. The molecule has 0 bridgehead atoms. The summed E-state index contributed by atoms with van der Waals surface area (Å²) < 4.78 is 0.787. The van der Waals surface area contributed by atoms with Crippen LogP contribution in [0.3, 0.4) is 0 Å². The molecule has 1 amide bonds. The quantitative estimate of drug-likeness (QED) is 0.882. The van der Waals surface area contributed by atoms with Gasteiger partial charge in [0.25, 0.3) is 0 Å². The number of hydrogen-bond donors (Lipinski definition) is 1. The lowest BCUT2D eigenvalue weighted by Crippen LogP contribution is -2.38. The normalized spacial score (nSPS) is 11.1. The van der Waals surface area contributed by atoms with Gasteiger partial charge in [0.05, 0.1) is 10.9 Å². The molecule has 1 aromatic heterocycles. The van der Waals surface area contributed by atoms with Crippen molar-refractivity contribution < 1.29 is 4.79 Å². The van der Waals surface area contributed by atoms with Gasteiger partial charge in [-0.05, 0) is 33.0 Å². The van der Waals surface area contributed by atoms with E-state index in [1.807, 2.05) is 37.9 Å². The van der Waals surface area contributed by atoms with Crippen LogP contribution in [0.2, 0.25) is 4.34 Å². The molecule has 1 N–H and O–H groups in total. The highest BCUT2D eigenvalue weighted by molar-refractivity contribution is 7.16. The summed E-state index contributed by atoms with van der Waals surface area (Å²) in [4.78, 5) is 14.6. The van der Waals surface area contributed by atoms with Crippen LogP contribution >= 0.6 is 22.9 Å². The first-order valence-electron chi connectivity index (χ1n) is 5.19. The minimum absolute atomic E-state index is 0.0557. The molecule has 1 heterocycles. The van der Waals surface area contributed by atoms with Gasteiger partial charge in [-0.1, -0.05) is 11.6 Å². The summed E-state index contributed by atoms with van der Waals surface area (Å²) in [5.74, 6) is 0.0557. The largest absolute Gasteiger partial charge is 0.353 e. The second kappa shape index (κ2) is 6.23. The Morgan fingerprint density at radius 2 is 2.25 bits per heavy atom. The third kappa shape index (κ3) is 4.96. The van der Waals surface area contributed by atoms with Crippen LogP contribution in [0.1, 0.15) is 18.7 Å². The van der Waals surface area contributed by atoms with Crippen molar-refractivity contribution in [1.82, 2.24) is 10.2 Å². The summed E-state index contributed by atoms with van der Waals surface area (Å²) in [5, 5.41) is 2.86. The fourth-order valence-electron chi connectivity index (χ4n) is 1.37. The maximum atomic E-state index is 11.5. The van der Waals surface area contributed by atoms with Crippen molar-refractivity contribution >= 4 is 28.8 Å². The molecule has 0 unspecified atom stereocenters. The van der Waals surface area contributed by atoms with Crippen molar-refractivity contribution in [1.29, 1.82) is 0 Å². The molecule has 0 saturated heterocycles. The molecular weight excluding hydrogens is 244 g/mol. The van der Waals surface area contributed by atoms with E-state index in [2.05, 4.69) is 5.32 Å². The van der Waals surface area contributed by atoms with E-state index >= 15 is 0 Å². The topological polar surface area (TPSA) is 32.3 Å². The molecule has 90 valence electrons. The zero-order chi connectivity index (χ0) is 12.1. The molecule has 1 aromatic rings. The molecule has 0 spiro atoms. The highest BCUT2D eigenvalue weighted by Gasteiger charge is 2.08. The minimum atomic E-state index is 0.0557. The van der Waals surface area contributed by atoms with E-state index in [0.29, 0.717) is 6.54 Å². The SMILES string of the molecule is CC(C)NC(=O)CN(C)Cc1ccc(Cl)s1. The van der Waals surface area contributed by atoms with Crippen molar-refractivity contribution in [2.45, 2.75) is 26.4 Å². The number of carbonyl (C=O) groups excluding carboxylic acids is 1. The van der Waals surface area contributed by atoms with Crippen molar-refractivity contribution in [3.05, 3.63) is 21.3 Å². The van der Waals surface area contributed by atoms with Gasteiger partial charge in [-0.25, -0.2) is 0 Å². The van der Waals surface area contributed by atoms with E-state index < -0.39 is 0 Å². The Morgan fingerprint density at radius 3 is 2.75 bits per heavy atom. The molecule has 0 aliphatic rings. The van der Waals surface area contributed by atoms with Crippen LogP contribution in [0.4, 0.5) is 0 Å². The van der Waals surface area contributed by atoms with Crippen LogP contribution < -0.4 is 5.32 Å². The predicted octanol–water partition coefficient (Wildman–Crippen LogP) is 2.36. The van der Waals surface area contributed by atoms with Crippen molar-refractivity contribution in [3.63, 3.8) is 0 Å². The summed E-state index contributed by atoms with van der Waals surface area (Å²) >= 11 is 7.39.